The second-order valence-electron chi connectivity index (χ2n) is 6.49. The minimum absolute atomic E-state index is 0.157. The lowest BCUT2D eigenvalue weighted by Crippen LogP contribution is -2.19. The van der Waals surface area contributed by atoms with Crippen LogP contribution in [0.2, 0.25) is 0 Å². The molecular formula is C22H18BrN5O2S. The quantitative estimate of drug-likeness (QED) is 0.225. The highest BCUT2D eigenvalue weighted by molar-refractivity contribution is 9.10. The Bertz CT molecular complexity index is 1200. The van der Waals surface area contributed by atoms with Crippen molar-refractivity contribution in [1.82, 2.24) is 20.2 Å². The summed E-state index contributed by atoms with van der Waals surface area (Å²) < 4.78 is 8.66. The van der Waals surface area contributed by atoms with Gasteiger partial charge in [-0.3, -0.25) is 9.36 Å². The lowest BCUT2D eigenvalue weighted by Gasteiger charge is -2.07. The van der Waals surface area contributed by atoms with E-state index in [1.807, 2.05) is 72.2 Å². The molecule has 31 heavy (non-hydrogen) atoms. The molecule has 2 aromatic carbocycles. The van der Waals surface area contributed by atoms with Gasteiger partial charge in [0.15, 0.2) is 5.16 Å². The Morgan fingerprint density at radius 3 is 2.68 bits per heavy atom. The van der Waals surface area contributed by atoms with E-state index in [0.29, 0.717) is 10.9 Å². The van der Waals surface area contributed by atoms with E-state index in [9.17, 15) is 4.79 Å². The molecule has 0 bridgehead atoms. The first kappa shape index (κ1) is 21.1. The topological polar surface area (TPSA) is 85.3 Å². The summed E-state index contributed by atoms with van der Waals surface area (Å²) >= 11 is 4.71. The SMILES string of the molecule is Cc1nnc(SCC(=O)NN=Cc2ccc(-c3ccc(Br)cc3)o2)n1-c1ccccc1. The summed E-state index contributed by atoms with van der Waals surface area (Å²) in [7, 11) is 0. The first-order chi connectivity index (χ1) is 15.1. The van der Waals surface area contributed by atoms with Gasteiger partial charge < -0.3 is 4.42 Å². The van der Waals surface area contributed by atoms with Gasteiger partial charge >= 0.3 is 0 Å². The molecule has 0 fully saturated rings. The van der Waals surface area contributed by atoms with Crippen molar-refractivity contribution in [2.24, 2.45) is 5.10 Å². The number of carbonyl (C=O) groups is 1. The Kier molecular flexibility index (Phi) is 6.63. The highest BCUT2D eigenvalue weighted by atomic mass is 79.9. The van der Waals surface area contributed by atoms with Gasteiger partial charge in [0.05, 0.1) is 12.0 Å². The number of hydrogen-bond donors (Lipinski definition) is 1. The van der Waals surface area contributed by atoms with Gasteiger partial charge in [0.2, 0.25) is 0 Å². The van der Waals surface area contributed by atoms with E-state index in [4.69, 9.17) is 4.42 Å². The Morgan fingerprint density at radius 1 is 1.13 bits per heavy atom. The molecule has 4 aromatic rings. The third kappa shape index (κ3) is 5.31. The molecule has 0 aliphatic heterocycles. The van der Waals surface area contributed by atoms with E-state index in [1.54, 1.807) is 6.07 Å². The maximum Gasteiger partial charge on any atom is 0.250 e. The van der Waals surface area contributed by atoms with Crippen LogP contribution in [0.1, 0.15) is 11.6 Å². The molecule has 4 rings (SSSR count). The van der Waals surface area contributed by atoms with Gasteiger partial charge in [-0.05, 0) is 43.3 Å². The van der Waals surface area contributed by atoms with Crippen LogP contribution in [-0.4, -0.2) is 32.6 Å². The average Bonchev–Trinajstić information content (AvgIpc) is 3.40. The van der Waals surface area contributed by atoms with Crippen LogP contribution in [0, 0.1) is 6.92 Å². The van der Waals surface area contributed by atoms with Crippen LogP contribution in [0.4, 0.5) is 0 Å². The molecule has 0 spiro atoms. The van der Waals surface area contributed by atoms with E-state index < -0.39 is 0 Å². The Labute approximate surface area is 191 Å². The number of nitrogens with zero attached hydrogens (tertiary/aromatic N) is 4. The first-order valence-corrected chi connectivity index (χ1v) is 11.2. The van der Waals surface area contributed by atoms with Gasteiger partial charge in [-0.2, -0.15) is 5.10 Å². The fourth-order valence-corrected chi connectivity index (χ4v) is 3.89. The predicted molar refractivity (Wildman–Crippen MR) is 124 cm³/mol. The highest BCUT2D eigenvalue weighted by Gasteiger charge is 2.13. The molecule has 2 aromatic heterocycles. The number of halogens is 1. The summed E-state index contributed by atoms with van der Waals surface area (Å²) in [6, 6.07) is 21.2. The minimum Gasteiger partial charge on any atom is -0.455 e. The minimum atomic E-state index is -0.249. The van der Waals surface area contributed by atoms with Crippen LogP contribution in [-0.2, 0) is 4.79 Å². The van der Waals surface area contributed by atoms with Gasteiger partial charge in [0, 0.05) is 15.7 Å². The van der Waals surface area contributed by atoms with Crippen LogP contribution in [0.25, 0.3) is 17.0 Å². The van der Waals surface area contributed by atoms with Crippen molar-refractivity contribution in [3.05, 3.63) is 82.8 Å². The molecule has 0 saturated carbocycles. The molecule has 156 valence electrons. The van der Waals surface area contributed by atoms with Crippen molar-refractivity contribution in [2.75, 3.05) is 5.75 Å². The lowest BCUT2D eigenvalue weighted by atomic mass is 10.2. The number of carbonyl (C=O) groups excluding carboxylic acids is 1. The first-order valence-electron chi connectivity index (χ1n) is 9.38. The lowest BCUT2D eigenvalue weighted by molar-refractivity contribution is -0.118. The zero-order valence-corrected chi connectivity index (χ0v) is 18.9. The summed E-state index contributed by atoms with van der Waals surface area (Å²) in [6.45, 7) is 1.88. The van der Waals surface area contributed by atoms with Crippen molar-refractivity contribution in [1.29, 1.82) is 0 Å². The van der Waals surface area contributed by atoms with Gasteiger partial charge in [-0.1, -0.05) is 58.0 Å². The third-order valence-corrected chi connectivity index (χ3v) is 5.74. The van der Waals surface area contributed by atoms with Crippen molar-refractivity contribution < 1.29 is 9.21 Å². The second-order valence-corrected chi connectivity index (χ2v) is 8.35. The van der Waals surface area contributed by atoms with Gasteiger partial charge in [-0.25, -0.2) is 5.43 Å². The summed E-state index contributed by atoms with van der Waals surface area (Å²) in [5.41, 5.74) is 4.42. The van der Waals surface area contributed by atoms with E-state index in [2.05, 4.69) is 36.7 Å². The number of hydrogen-bond acceptors (Lipinski definition) is 6. The maximum atomic E-state index is 12.2. The molecule has 2 heterocycles. The van der Waals surface area contributed by atoms with Crippen LogP contribution in [0.15, 0.2) is 85.9 Å². The van der Waals surface area contributed by atoms with Crippen LogP contribution >= 0.6 is 27.7 Å². The molecule has 0 aliphatic carbocycles. The van der Waals surface area contributed by atoms with Crippen LogP contribution in [0.3, 0.4) is 0 Å². The van der Waals surface area contributed by atoms with E-state index in [0.717, 1.165) is 27.3 Å². The third-order valence-electron chi connectivity index (χ3n) is 4.28. The number of furan rings is 1. The van der Waals surface area contributed by atoms with Crippen LogP contribution in [0.5, 0.6) is 0 Å². The average molecular weight is 496 g/mol. The van der Waals surface area contributed by atoms with Crippen LogP contribution < -0.4 is 5.43 Å². The fourth-order valence-electron chi connectivity index (χ4n) is 2.83. The number of thioether (sulfide) groups is 1. The van der Waals surface area contributed by atoms with Crippen molar-refractivity contribution in [2.45, 2.75) is 12.1 Å². The fraction of sp³-hybridized carbons (Fsp3) is 0.0909. The molecule has 1 amide bonds. The van der Waals surface area contributed by atoms with Crippen molar-refractivity contribution in [3.8, 4) is 17.0 Å². The zero-order chi connectivity index (χ0) is 21.6. The second kappa shape index (κ2) is 9.76. The smallest absolute Gasteiger partial charge is 0.250 e. The number of para-hydroxylation sites is 1. The van der Waals surface area contributed by atoms with Crippen molar-refractivity contribution >= 4 is 39.8 Å². The molecule has 7 nitrogen and oxygen atoms in total. The molecule has 0 unspecified atom stereocenters. The number of aryl methyl sites for hydroxylation is 1. The number of aromatic nitrogens is 3. The molecule has 1 N–H and O–H groups in total. The van der Waals surface area contributed by atoms with Gasteiger partial charge in [-0.15, -0.1) is 10.2 Å². The number of nitrogens with one attached hydrogen (secondary N) is 1. The van der Waals surface area contributed by atoms with E-state index in [-0.39, 0.29) is 11.7 Å². The Hall–Kier alpha value is -3.17. The molecule has 0 radical (unpaired) electrons. The summed E-state index contributed by atoms with van der Waals surface area (Å²) in [5.74, 6) is 1.94. The van der Waals surface area contributed by atoms with Gasteiger partial charge in [0.25, 0.3) is 5.91 Å². The monoisotopic (exact) mass is 495 g/mol. The number of hydrazone groups is 1. The summed E-state index contributed by atoms with van der Waals surface area (Å²) in [6.07, 6.45) is 1.47. The summed E-state index contributed by atoms with van der Waals surface area (Å²) in [5, 5.41) is 12.9. The molecule has 0 atom stereocenters. The highest BCUT2D eigenvalue weighted by Crippen LogP contribution is 2.24. The number of benzene rings is 2. The standard InChI is InChI=1S/C22H18BrN5O2S/c1-15-25-27-22(28(15)18-5-3-2-4-6-18)31-14-21(29)26-24-13-19-11-12-20(30-19)16-7-9-17(23)10-8-16/h2-13H,14H2,1H3,(H,26,29). The normalized spacial score (nSPS) is 11.2. The van der Waals surface area contributed by atoms with Crippen molar-refractivity contribution in [3.63, 3.8) is 0 Å². The molecule has 0 aliphatic rings. The Balaban J connectivity index is 1.33. The Morgan fingerprint density at radius 2 is 1.90 bits per heavy atom. The molecule has 9 heteroatoms. The zero-order valence-electron chi connectivity index (χ0n) is 16.5. The van der Waals surface area contributed by atoms with E-state index in [1.165, 1.54) is 18.0 Å². The molecule has 0 saturated heterocycles. The molecular weight excluding hydrogens is 478 g/mol. The summed E-state index contributed by atoms with van der Waals surface area (Å²) in [4.78, 5) is 12.2. The number of amides is 1. The van der Waals surface area contributed by atoms with Gasteiger partial charge in [0.1, 0.15) is 17.3 Å². The maximum absolute atomic E-state index is 12.2. The number of rotatable bonds is 7. The van der Waals surface area contributed by atoms with E-state index >= 15 is 0 Å². The predicted octanol–water partition coefficient (Wildman–Crippen LogP) is 4.84. The largest absolute Gasteiger partial charge is 0.455 e.